The summed E-state index contributed by atoms with van der Waals surface area (Å²) >= 11 is 6.64. The van der Waals surface area contributed by atoms with E-state index in [1.807, 2.05) is 101 Å². The van der Waals surface area contributed by atoms with Crippen LogP contribution < -0.4 is 4.90 Å². The fourth-order valence-electron chi connectivity index (χ4n) is 6.65. The minimum atomic E-state index is -1.10. The summed E-state index contributed by atoms with van der Waals surface area (Å²) in [5.41, 5.74) is 4.49. The van der Waals surface area contributed by atoms with E-state index in [9.17, 15) is 9.90 Å². The van der Waals surface area contributed by atoms with E-state index in [0.29, 0.717) is 36.6 Å². The van der Waals surface area contributed by atoms with E-state index in [4.69, 9.17) is 16.3 Å². The standard InChI is InChI=1S/C35H33ClN2O4/c1-42-20-8-19-37-31-14-7-3-9-26(31)21-35(34(37)41)29-12-5-4-11-28(29)33(40)38(22-27-10-2-6-13-30(27)36)32(35)25-17-15-24(23-39)16-18-25/h2-7,9-18,32,39H,8,19-23H2,1H3/t32-,35-/m0/s1. The number of carbonyl (C=O) groups is 2. The third kappa shape index (κ3) is 4.70. The van der Waals surface area contributed by atoms with E-state index in [-0.39, 0.29) is 25.0 Å². The molecule has 1 spiro atoms. The maximum Gasteiger partial charge on any atom is 0.255 e. The van der Waals surface area contributed by atoms with Crippen LogP contribution in [0.2, 0.25) is 5.02 Å². The zero-order valence-electron chi connectivity index (χ0n) is 23.5. The first-order chi connectivity index (χ1) is 20.5. The second-order valence-electron chi connectivity index (χ2n) is 11.0. The summed E-state index contributed by atoms with van der Waals surface area (Å²) < 4.78 is 5.35. The van der Waals surface area contributed by atoms with Gasteiger partial charge < -0.3 is 19.6 Å². The zero-order valence-corrected chi connectivity index (χ0v) is 24.3. The highest BCUT2D eigenvalue weighted by Crippen LogP contribution is 2.54. The largest absolute Gasteiger partial charge is 0.392 e. The number of para-hydroxylation sites is 1. The number of methoxy groups -OCH3 is 1. The molecule has 0 saturated heterocycles. The monoisotopic (exact) mass is 580 g/mol. The quantitative estimate of drug-likeness (QED) is 0.256. The van der Waals surface area contributed by atoms with Gasteiger partial charge in [0.1, 0.15) is 5.41 Å². The fraction of sp³-hybridized carbons (Fsp3) is 0.257. The smallest absolute Gasteiger partial charge is 0.255 e. The summed E-state index contributed by atoms with van der Waals surface area (Å²) in [6.45, 7) is 1.15. The second-order valence-corrected chi connectivity index (χ2v) is 11.4. The molecule has 6 rings (SSSR count). The van der Waals surface area contributed by atoms with E-state index in [2.05, 4.69) is 6.07 Å². The highest BCUT2D eigenvalue weighted by atomic mass is 35.5. The third-order valence-electron chi connectivity index (χ3n) is 8.56. The molecule has 0 fully saturated rings. The Labute approximate surface area is 251 Å². The van der Waals surface area contributed by atoms with Crippen LogP contribution in [0.3, 0.4) is 0 Å². The number of halogens is 1. The first-order valence-corrected chi connectivity index (χ1v) is 14.6. The Bertz CT molecular complexity index is 1620. The molecule has 4 aromatic rings. The number of amides is 2. The molecule has 2 aliphatic heterocycles. The maximum absolute atomic E-state index is 15.2. The van der Waals surface area contributed by atoms with Crippen molar-refractivity contribution in [2.45, 2.75) is 37.5 Å². The molecule has 1 N–H and O–H groups in total. The van der Waals surface area contributed by atoms with E-state index in [0.717, 1.165) is 33.5 Å². The third-order valence-corrected chi connectivity index (χ3v) is 8.93. The van der Waals surface area contributed by atoms with Gasteiger partial charge in [0, 0.05) is 43.1 Å². The van der Waals surface area contributed by atoms with Crippen molar-refractivity contribution in [3.05, 3.63) is 135 Å². The van der Waals surface area contributed by atoms with Crippen LogP contribution in [-0.4, -0.2) is 42.1 Å². The number of fused-ring (bicyclic) bond motifs is 3. The SMILES string of the molecule is COCCCN1C(=O)[C@@]2(Cc3ccccc31)c1ccccc1C(=O)N(Cc1ccccc1Cl)[C@H]2c1ccc(CO)cc1. The van der Waals surface area contributed by atoms with Gasteiger partial charge in [-0.1, -0.05) is 90.5 Å². The van der Waals surface area contributed by atoms with Crippen molar-refractivity contribution in [2.24, 2.45) is 0 Å². The molecule has 2 amide bonds. The summed E-state index contributed by atoms with van der Waals surface area (Å²) in [5.74, 6) is -0.192. The zero-order chi connectivity index (χ0) is 29.3. The lowest BCUT2D eigenvalue weighted by Gasteiger charge is -2.53. The Morgan fingerprint density at radius 3 is 2.40 bits per heavy atom. The molecule has 2 aliphatic rings. The number of anilines is 1. The predicted molar refractivity (Wildman–Crippen MR) is 164 cm³/mol. The minimum Gasteiger partial charge on any atom is -0.392 e. The molecule has 0 bridgehead atoms. The molecule has 42 heavy (non-hydrogen) atoms. The molecule has 2 atom stereocenters. The molecule has 0 aliphatic carbocycles. The van der Waals surface area contributed by atoms with Gasteiger partial charge in [0.25, 0.3) is 5.91 Å². The molecule has 0 aromatic heterocycles. The molecule has 0 radical (unpaired) electrons. The topological polar surface area (TPSA) is 70.1 Å². The molecule has 214 valence electrons. The van der Waals surface area contributed by atoms with Gasteiger partial charge in [-0.05, 0) is 58.9 Å². The van der Waals surface area contributed by atoms with Crippen molar-refractivity contribution in [3.8, 4) is 0 Å². The van der Waals surface area contributed by atoms with Gasteiger partial charge >= 0.3 is 0 Å². The van der Waals surface area contributed by atoms with Gasteiger partial charge in [0.2, 0.25) is 5.91 Å². The molecule has 0 unspecified atom stereocenters. The van der Waals surface area contributed by atoms with E-state index in [1.165, 1.54) is 0 Å². The molecular weight excluding hydrogens is 548 g/mol. The summed E-state index contributed by atoms with van der Waals surface area (Å²) in [4.78, 5) is 33.3. The van der Waals surface area contributed by atoms with Gasteiger partial charge in [0.15, 0.2) is 0 Å². The first-order valence-electron chi connectivity index (χ1n) is 14.2. The van der Waals surface area contributed by atoms with Crippen molar-refractivity contribution in [1.82, 2.24) is 4.90 Å². The summed E-state index contributed by atoms with van der Waals surface area (Å²) in [6.07, 6.45) is 1.10. The number of rotatable bonds is 8. The van der Waals surface area contributed by atoms with E-state index in [1.54, 1.807) is 7.11 Å². The Hall–Kier alpha value is -3.97. The van der Waals surface area contributed by atoms with E-state index >= 15 is 4.79 Å². The number of aliphatic hydroxyl groups is 1. The Kier molecular flexibility index (Phi) is 7.86. The van der Waals surface area contributed by atoms with Crippen molar-refractivity contribution >= 4 is 29.1 Å². The van der Waals surface area contributed by atoms with Crippen molar-refractivity contribution in [3.63, 3.8) is 0 Å². The van der Waals surface area contributed by atoms with Crippen LogP contribution in [0.1, 0.15) is 50.6 Å². The van der Waals surface area contributed by atoms with Crippen LogP contribution in [0, 0.1) is 0 Å². The van der Waals surface area contributed by atoms with Crippen molar-refractivity contribution in [1.29, 1.82) is 0 Å². The highest BCUT2D eigenvalue weighted by Gasteiger charge is 2.59. The summed E-state index contributed by atoms with van der Waals surface area (Å²) in [5, 5.41) is 10.3. The predicted octanol–water partition coefficient (Wildman–Crippen LogP) is 6.09. The van der Waals surface area contributed by atoms with Gasteiger partial charge in [-0.2, -0.15) is 0 Å². The summed E-state index contributed by atoms with van der Waals surface area (Å²) in [7, 11) is 1.66. The number of benzene rings is 4. The first kappa shape index (κ1) is 28.2. The molecule has 6 nitrogen and oxygen atoms in total. The van der Waals surface area contributed by atoms with Gasteiger partial charge in [-0.15, -0.1) is 0 Å². The average Bonchev–Trinajstić information content (AvgIpc) is 3.02. The number of aliphatic hydroxyl groups excluding tert-OH is 1. The number of ether oxygens (including phenoxy) is 1. The number of carbonyl (C=O) groups excluding carboxylic acids is 2. The Balaban J connectivity index is 1.62. The normalized spacial score (nSPS) is 19.6. The molecular formula is C35H33ClN2O4. The number of hydrogen-bond acceptors (Lipinski definition) is 4. The van der Waals surface area contributed by atoms with E-state index < -0.39 is 11.5 Å². The highest BCUT2D eigenvalue weighted by molar-refractivity contribution is 6.31. The Morgan fingerprint density at radius 1 is 0.929 bits per heavy atom. The molecule has 0 saturated carbocycles. The molecule has 7 heteroatoms. The van der Waals surface area contributed by atoms with Crippen LogP contribution >= 0.6 is 11.6 Å². The van der Waals surface area contributed by atoms with Crippen LogP contribution in [0.15, 0.2) is 97.1 Å². The van der Waals surface area contributed by atoms with Gasteiger partial charge in [-0.25, -0.2) is 0 Å². The minimum absolute atomic E-state index is 0.0438. The molecule has 2 heterocycles. The lowest BCUT2D eigenvalue weighted by molar-refractivity contribution is -0.128. The fourth-order valence-corrected chi connectivity index (χ4v) is 6.85. The Morgan fingerprint density at radius 2 is 1.64 bits per heavy atom. The lowest BCUT2D eigenvalue weighted by atomic mass is 9.61. The van der Waals surface area contributed by atoms with Crippen LogP contribution in [0.5, 0.6) is 0 Å². The van der Waals surface area contributed by atoms with Crippen molar-refractivity contribution in [2.75, 3.05) is 25.2 Å². The van der Waals surface area contributed by atoms with Crippen LogP contribution in [0.4, 0.5) is 5.69 Å². The number of hydrogen-bond donors (Lipinski definition) is 1. The number of nitrogens with zero attached hydrogens (tertiary/aromatic N) is 2. The summed E-state index contributed by atoms with van der Waals surface area (Å²) in [6, 6.07) is 30.0. The van der Waals surface area contributed by atoms with Crippen molar-refractivity contribution < 1.29 is 19.4 Å². The maximum atomic E-state index is 15.2. The van der Waals surface area contributed by atoms with Crippen LogP contribution in [-0.2, 0) is 34.5 Å². The average molecular weight is 581 g/mol. The lowest BCUT2D eigenvalue weighted by Crippen LogP contribution is -2.62. The van der Waals surface area contributed by atoms with Gasteiger partial charge in [-0.3, -0.25) is 9.59 Å². The second kappa shape index (κ2) is 11.7. The molecule has 4 aromatic carbocycles. The van der Waals surface area contributed by atoms with Crippen LogP contribution in [0.25, 0.3) is 0 Å². The van der Waals surface area contributed by atoms with Gasteiger partial charge in [0.05, 0.1) is 12.6 Å².